The van der Waals surface area contributed by atoms with Crippen LogP contribution >= 0.6 is 0 Å². The van der Waals surface area contributed by atoms with E-state index in [1.807, 2.05) is 11.0 Å². The van der Waals surface area contributed by atoms with Crippen molar-refractivity contribution in [2.45, 2.75) is 63.8 Å². The molecule has 2 amide bonds. The highest BCUT2D eigenvalue weighted by Crippen LogP contribution is 2.60. The predicted octanol–water partition coefficient (Wildman–Crippen LogP) is 3.69. The Hall–Kier alpha value is -1.91. The molecule has 1 heterocycles. The molecular weight excluding hydrogens is 367 g/mol. The van der Waals surface area contributed by atoms with E-state index in [9.17, 15) is 14.0 Å². The third-order valence-corrected chi connectivity index (χ3v) is 7.91. The van der Waals surface area contributed by atoms with Crippen LogP contribution in [0.15, 0.2) is 24.3 Å². The first kappa shape index (κ1) is 19.1. The molecule has 4 saturated carbocycles. The van der Waals surface area contributed by atoms with Gasteiger partial charge in [-0.1, -0.05) is 12.1 Å². The molecule has 5 heteroatoms. The molecular formula is C24H31FN2O2. The molecule has 0 radical (unpaired) electrons. The summed E-state index contributed by atoms with van der Waals surface area (Å²) in [4.78, 5) is 28.4. The first-order chi connectivity index (χ1) is 14.0. The summed E-state index contributed by atoms with van der Waals surface area (Å²) in [6, 6.07) is 6.16. The Bertz CT molecular complexity index is 773. The van der Waals surface area contributed by atoms with E-state index in [1.54, 1.807) is 6.07 Å². The van der Waals surface area contributed by atoms with Gasteiger partial charge in [-0.05, 0) is 93.2 Å². The van der Waals surface area contributed by atoms with Gasteiger partial charge in [-0.15, -0.1) is 0 Å². The number of likely N-dealkylation sites (tertiary alicyclic amines) is 1. The molecule has 1 unspecified atom stereocenters. The van der Waals surface area contributed by atoms with E-state index in [0.29, 0.717) is 19.5 Å². The summed E-state index contributed by atoms with van der Waals surface area (Å²) < 4.78 is 13.3. The number of nitrogens with one attached hydrogen (secondary N) is 1. The van der Waals surface area contributed by atoms with Crippen LogP contribution in [0.1, 0.15) is 56.9 Å². The Morgan fingerprint density at radius 3 is 2.45 bits per heavy atom. The molecule has 29 heavy (non-hydrogen) atoms. The number of hydrogen-bond acceptors (Lipinski definition) is 2. The van der Waals surface area contributed by atoms with Gasteiger partial charge < -0.3 is 10.2 Å². The lowest BCUT2D eigenvalue weighted by molar-refractivity contribution is -0.160. The average molecular weight is 399 g/mol. The van der Waals surface area contributed by atoms with Crippen molar-refractivity contribution in [1.82, 2.24) is 10.2 Å². The van der Waals surface area contributed by atoms with E-state index in [2.05, 4.69) is 5.32 Å². The maximum Gasteiger partial charge on any atom is 0.242 e. The van der Waals surface area contributed by atoms with E-state index >= 15 is 0 Å². The second-order valence-corrected chi connectivity index (χ2v) is 10.0. The van der Waals surface area contributed by atoms with Crippen LogP contribution < -0.4 is 5.32 Å². The number of nitrogens with zero attached hydrogens (tertiary/aromatic N) is 1. The van der Waals surface area contributed by atoms with Crippen LogP contribution in [-0.2, 0) is 16.0 Å². The number of halogens is 1. The molecule has 1 aliphatic heterocycles. The fourth-order valence-electron chi connectivity index (χ4n) is 7.10. The van der Waals surface area contributed by atoms with Crippen molar-refractivity contribution in [2.24, 2.45) is 23.2 Å². The fraction of sp³-hybridized carbons (Fsp3) is 0.667. The van der Waals surface area contributed by atoms with Gasteiger partial charge in [0.1, 0.15) is 11.9 Å². The molecule has 5 aliphatic rings. The van der Waals surface area contributed by atoms with Crippen LogP contribution in [0.3, 0.4) is 0 Å². The number of rotatable bonds is 5. The molecule has 1 atom stereocenters. The molecule has 4 bridgehead atoms. The highest BCUT2D eigenvalue weighted by Gasteiger charge is 2.56. The second-order valence-electron chi connectivity index (χ2n) is 10.0. The predicted molar refractivity (Wildman–Crippen MR) is 108 cm³/mol. The van der Waals surface area contributed by atoms with Gasteiger partial charge in [0.15, 0.2) is 0 Å². The Labute approximate surface area is 172 Å². The molecule has 0 spiro atoms. The lowest BCUT2D eigenvalue weighted by atomic mass is 9.49. The number of benzene rings is 1. The van der Waals surface area contributed by atoms with Crippen LogP contribution in [0.2, 0.25) is 0 Å². The Morgan fingerprint density at radius 1 is 1.10 bits per heavy atom. The van der Waals surface area contributed by atoms with Crippen molar-refractivity contribution in [3.8, 4) is 0 Å². The zero-order valence-corrected chi connectivity index (χ0v) is 17.0. The molecule has 0 aromatic heterocycles. The number of carbonyl (C=O) groups is 2. The van der Waals surface area contributed by atoms with Gasteiger partial charge in [-0.2, -0.15) is 0 Å². The van der Waals surface area contributed by atoms with Crippen molar-refractivity contribution in [3.05, 3.63) is 35.6 Å². The third kappa shape index (κ3) is 3.57. The summed E-state index contributed by atoms with van der Waals surface area (Å²) in [5, 5.41) is 3.00. The monoisotopic (exact) mass is 398 g/mol. The zero-order valence-electron chi connectivity index (χ0n) is 17.0. The highest BCUT2D eigenvalue weighted by atomic mass is 19.1. The van der Waals surface area contributed by atoms with Crippen LogP contribution in [0.4, 0.5) is 4.39 Å². The molecule has 1 N–H and O–H groups in total. The number of carbonyl (C=O) groups excluding carboxylic acids is 2. The van der Waals surface area contributed by atoms with Crippen molar-refractivity contribution >= 4 is 11.8 Å². The Kier molecular flexibility index (Phi) is 4.87. The lowest BCUT2D eigenvalue weighted by Crippen LogP contribution is -2.57. The summed E-state index contributed by atoms with van der Waals surface area (Å²) in [6.45, 7) is 1.18. The maximum atomic E-state index is 13.7. The minimum Gasteiger partial charge on any atom is -0.354 e. The van der Waals surface area contributed by atoms with Gasteiger partial charge in [0.25, 0.3) is 0 Å². The van der Waals surface area contributed by atoms with Crippen LogP contribution in [-0.4, -0.2) is 35.8 Å². The van der Waals surface area contributed by atoms with E-state index in [-0.39, 0.29) is 29.1 Å². The Balaban J connectivity index is 1.22. The Morgan fingerprint density at radius 2 is 1.79 bits per heavy atom. The summed E-state index contributed by atoms with van der Waals surface area (Å²) in [6.07, 6.45) is 9.33. The smallest absolute Gasteiger partial charge is 0.242 e. The molecule has 6 rings (SSSR count). The van der Waals surface area contributed by atoms with E-state index in [1.165, 1.54) is 31.4 Å². The largest absolute Gasteiger partial charge is 0.354 e. The molecule has 156 valence electrons. The van der Waals surface area contributed by atoms with E-state index in [4.69, 9.17) is 0 Å². The lowest BCUT2D eigenvalue weighted by Gasteiger charge is -2.56. The minimum absolute atomic E-state index is 0.0445. The average Bonchev–Trinajstić information content (AvgIpc) is 3.16. The summed E-state index contributed by atoms with van der Waals surface area (Å²) in [7, 11) is 0. The normalized spacial score (nSPS) is 35.1. The van der Waals surface area contributed by atoms with Gasteiger partial charge in [0, 0.05) is 13.1 Å². The fourth-order valence-corrected chi connectivity index (χ4v) is 7.10. The van der Waals surface area contributed by atoms with Crippen molar-refractivity contribution in [2.75, 3.05) is 13.1 Å². The van der Waals surface area contributed by atoms with Crippen LogP contribution in [0.25, 0.3) is 0 Å². The SMILES string of the molecule is O=C(NCCc1cccc(F)c1)C1CCCN1C(=O)C12CC3CC(CC(C3)C1)C2. The number of amides is 2. The van der Waals surface area contributed by atoms with Gasteiger partial charge in [0.2, 0.25) is 11.8 Å². The first-order valence-electron chi connectivity index (χ1n) is 11.4. The van der Waals surface area contributed by atoms with Crippen LogP contribution in [0, 0.1) is 29.0 Å². The highest BCUT2D eigenvalue weighted by molar-refractivity contribution is 5.91. The standard InChI is InChI=1S/C24H31FN2O2/c25-20-4-1-3-16(12-20)6-7-26-22(28)21-5-2-8-27(21)23(29)24-13-17-9-18(14-24)11-19(10-17)15-24/h1,3-4,12,17-19,21H,2,5-11,13-15H2,(H,26,28). The molecule has 4 nitrogen and oxygen atoms in total. The van der Waals surface area contributed by atoms with Crippen LogP contribution in [0.5, 0.6) is 0 Å². The summed E-state index contributed by atoms with van der Waals surface area (Å²) >= 11 is 0. The topological polar surface area (TPSA) is 49.4 Å². The molecule has 5 fully saturated rings. The molecule has 1 aromatic carbocycles. The van der Waals surface area contributed by atoms with E-state index < -0.39 is 0 Å². The van der Waals surface area contributed by atoms with Gasteiger partial charge in [-0.25, -0.2) is 4.39 Å². The van der Waals surface area contributed by atoms with Gasteiger partial charge in [-0.3, -0.25) is 9.59 Å². The first-order valence-corrected chi connectivity index (χ1v) is 11.4. The van der Waals surface area contributed by atoms with E-state index in [0.717, 1.165) is 55.4 Å². The van der Waals surface area contributed by atoms with Crippen molar-refractivity contribution < 1.29 is 14.0 Å². The maximum absolute atomic E-state index is 13.7. The third-order valence-electron chi connectivity index (χ3n) is 7.91. The summed E-state index contributed by atoms with van der Waals surface area (Å²) in [5.41, 5.74) is 0.692. The van der Waals surface area contributed by atoms with Crippen molar-refractivity contribution in [3.63, 3.8) is 0 Å². The molecule has 1 saturated heterocycles. The summed E-state index contributed by atoms with van der Waals surface area (Å²) in [5.74, 6) is 2.15. The van der Waals surface area contributed by atoms with Crippen molar-refractivity contribution in [1.29, 1.82) is 0 Å². The zero-order chi connectivity index (χ0) is 20.0. The molecule has 4 aliphatic carbocycles. The molecule has 1 aromatic rings. The number of hydrogen-bond donors (Lipinski definition) is 1. The second kappa shape index (κ2) is 7.41. The minimum atomic E-state index is -0.331. The van der Waals surface area contributed by atoms with Gasteiger partial charge >= 0.3 is 0 Å². The quantitative estimate of drug-likeness (QED) is 0.822. The van der Waals surface area contributed by atoms with Gasteiger partial charge in [0.05, 0.1) is 5.41 Å².